The molecule has 17 heavy (non-hydrogen) atoms. The molecule has 1 aliphatic rings. The third-order valence-corrected chi connectivity index (χ3v) is 3.31. The number of benzene rings is 1. The average molecular weight is 299 g/mol. The summed E-state index contributed by atoms with van der Waals surface area (Å²) in [6.45, 7) is 0.173. The summed E-state index contributed by atoms with van der Waals surface area (Å²) in [6.07, 6.45) is 0. The topological polar surface area (TPSA) is 60.9 Å². The van der Waals surface area contributed by atoms with E-state index in [0.717, 1.165) is 4.47 Å². The molecule has 1 aliphatic heterocycles. The van der Waals surface area contributed by atoms with Crippen LogP contribution in [-0.2, 0) is 4.79 Å². The van der Waals surface area contributed by atoms with Gasteiger partial charge in [-0.3, -0.25) is 4.90 Å². The van der Waals surface area contributed by atoms with E-state index in [4.69, 9.17) is 5.11 Å². The first kappa shape index (κ1) is 11.9. The Bertz CT molecular complexity index is 460. The number of aliphatic carboxylic acids is 1. The van der Waals surface area contributed by atoms with E-state index in [-0.39, 0.29) is 12.6 Å². The highest BCUT2D eigenvalue weighted by atomic mass is 79.9. The van der Waals surface area contributed by atoms with Crippen molar-refractivity contribution in [3.63, 3.8) is 0 Å². The van der Waals surface area contributed by atoms with Gasteiger partial charge in [-0.25, -0.2) is 9.59 Å². The Kier molecular flexibility index (Phi) is 3.06. The molecule has 0 radical (unpaired) electrons. The van der Waals surface area contributed by atoms with Crippen LogP contribution in [0.1, 0.15) is 0 Å². The summed E-state index contributed by atoms with van der Waals surface area (Å²) in [4.78, 5) is 25.5. The summed E-state index contributed by atoms with van der Waals surface area (Å²) >= 11 is 3.31. The zero-order valence-corrected chi connectivity index (χ0v) is 10.7. The van der Waals surface area contributed by atoms with Crippen LogP contribution < -0.4 is 4.90 Å². The molecule has 1 saturated heterocycles. The molecular weight excluding hydrogens is 288 g/mol. The predicted molar refractivity (Wildman–Crippen MR) is 66.1 cm³/mol. The maximum Gasteiger partial charge on any atom is 0.328 e. The Morgan fingerprint density at radius 3 is 2.47 bits per heavy atom. The van der Waals surface area contributed by atoms with Gasteiger partial charge in [0.1, 0.15) is 6.04 Å². The Morgan fingerprint density at radius 1 is 1.41 bits per heavy atom. The van der Waals surface area contributed by atoms with E-state index in [9.17, 15) is 9.59 Å². The molecule has 1 fully saturated rings. The SMILES string of the molecule is CN1C(=O)N(c2ccc(Br)cc2)CC1C(=O)O. The monoisotopic (exact) mass is 298 g/mol. The van der Waals surface area contributed by atoms with E-state index < -0.39 is 12.0 Å². The van der Waals surface area contributed by atoms with Gasteiger partial charge in [-0.2, -0.15) is 0 Å². The van der Waals surface area contributed by atoms with Gasteiger partial charge in [0.15, 0.2) is 0 Å². The van der Waals surface area contributed by atoms with E-state index in [2.05, 4.69) is 15.9 Å². The second kappa shape index (κ2) is 4.37. The Hall–Kier alpha value is -1.56. The van der Waals surface area contributed by atoms with Crippen LogP contribution in [-0.4, -0.2) is 41.6 Å². The quantitative estimate of drug-likeness (QED) is 0.905. The molecule has 2 amide bonds. The molecule has 0 aliphatic carbocycles. The first-order valence-corrected chi connectivity index (χ1v) is 5.82. The van der Waals surface area contributed by atoms with Gasteiger partial charge in [0, 0.05) is 17.2 Å². The van der Waals surface area contributed by atoms with Crippen LogP contribution in [0.25, 0.3) is 0 Å². The fourth-order valence-electron chi connectivity index (χ4n) is 1.78. The summed E-state index contributed by atoms with van der Waals surface area (Å²) in [7, 11) is 1.50. The first-order valence-electron chi connectivity index (χ1n) is 5.03. The summed E-state index contributed by atoms with van der Waals surface area (Å²) in [5, 5.41) is 8.98. The maximum atomic E-state index is 11.9. The molecule has 1 heterocycles. The van der Waals surface area contributed by atoms with E-state index in [1.807, 2.05) is 12.1 Å². The number of nitrogens with zero attached hydrogens (tertiary/aromatic N) is 2. The largest absolute Gasteiger partial charge is 0.480 e. The number of hydrogen-bond acceptors (Lipinski definition) is 2. The molecule has 0 spiro atoms. The number of urea groups is 1. The molecule has 1 unspecified atom stereocenters. The maximum absolute atomic E-state index is 11.9. The number of carboxylic acids is 1. The molecule has 6 heteroatoms. The fourth-order valence-corrected chi connectivity index (χ4v) is 2.04. The average Bonchev–Trinajstić information content (AvgIpc) is 2.58. The lowest BCUT2D eigenvalue weighted by molar-refractivity contribution is -0.140. The standard InChI is InChI=1S/C11H11BrN2O3/c1-13-9(10(15)16)6-14(11(13)17)8-4-2-7(12)3-5-8/h2-5,9H,6H2,1H3,(H,15,16). The molecule has 1 aromatic rings. The van der Waals surface area contributed by atoms with Crippen LogP contribution in [0.3, 0.4) is 0 Å². The van der Waals surface area contributed by atoms with Crippen molar-refractivity contribution in [1.82, 2.24) is 4.90 Å². The van der Waals surface area contributed by atoms with Crippen LogP contribution in [0.2, 0.25) is 0 Å². The van der Waals surface area contributed by atoms with Crippen LogP contribution in [0.5, 0.6) is 0 Å². The van der Waals surface area contributed by atoms with E-state index in [1.54, 1.807) is 12.1 Å². The van der Waals surface area contributed by atoms with Gasteiger partial charge in [-0.1, -0.05) is 15.9 Å². The minimum absolute atomic E-state index is 0.173. The zero-order valence-electron chi connectivity index (χ0n) is 9.13. The molecular formula is C11H11BrN2O3. The number of anilines is 1. The van der Waals surface area contributed by atoms with Crippen molar-refractivity contribution in [3.05, 3.63) is 28.7 Å². The van der Waals surface area contributed by atoms with Crippen molar-refractivity contribution >= 4 is 33.6 Å². The van der Waals surface area contributed by atoms with Gasteiger partial charge in [-0.05, 0) is 24.3 Å². The van der Waals surface area contributed by atoms with Crippen molar-refractivity contribution in [1.29, 1.82) is 0 Å². The number of rotatable bonds is 2. The van der Waals surface area contributed by atoms with E-state index in [0.29, 0.717) is 5.69 Å². The van der Waals surface area contributed by atoms with Gasteiger partial charge >= 0.3 is 12.0 Å². The zero-order chi connectivity index (χ0) is 12.6. The van der Waals surface area contributed by atoms with Gasteiger partial charge in [0.2, 0.25) is 0 Å². The van der Waals surface area contributed by atoms with Crippen LogP contribution in [0.15, 0.2) is 28.7 Å². The number of hydrogen-bond donors (Lipinski definition) is 1. The molecule has 0 aromatic heterocycles. The van der Waals surface area contributed by atoms with Crippen molar-refractivity contribution in [2.45, 2.75) is 6.04 Å². The minimum atomic E-state index is -0.986. The Labute approximate surface area is 107 Å². The fraction of sp³-hybridized carbons (Fsp3) is 0.273. The second-order valence-electron chi connectivity index (χ2n) is 3.83. The highest BCUT2D eigenvalue weighted by Crippen LogP contribution is 2.24. The number of halogens is 1. The summed E-state index contributed by atoms with van der Waals surface area (Å²) in [6, 6.07) is 6.11. The van der Waals surface area contributed by atoms with Gasteiger partial charge < -0.3 is 10.0 Å². The predicted octanol–water partition coefficient (Wildman–Crippen LogP) is 1.77. The van der Waals surface area contributed by atoms with Gasteiger partial charge in [0.05, 0.1) is 6.54 Å². The number of carbonyl (C=O) groups is 2. The Morgan fingerprint density at radius 2 is 2.00 bits per heavy atom. The van der Waals surface area contributed by atoms with E-state index in [1.165, 1.54) is 16.8 Å². The highest BCUT2D eigenvalue weighted by Gasteiger charge is 2.39. The lowest BCUT2D eigenvalue weighted by Gasteiger charge is -2.15. The number of likely N-dealkylation sites (N-methyl/N-ethyl adjacent to an activating group) is 1. The summed E-state index contributed by atoms with van der Waals surface area (Å²) in [5.74, 6) is -0.986. The molecule has 0 bridgehead atoms. The van der Waals surface area contributed by atoms with E-state index >= 15 is 0 Å². The van der Waals surface area contributed by atoms with Gasteiger partial charge in [0.25, 0.3) is 0 Å². The summed E-state index contributed by atoms with van der Waals surface area (Å²) < 4.78 is 0.913. The lowest BCUT2D eigenvalue weighted by atomic mass is 10.2. The van der Waals surface area contributed by atoms with Crippen molar-refractivity contribution in [2.24, 2.45) is 0 Å². The highest BCUT2D eigenvalue weighted by molar-refractivity contribution is 9.10. The number of carbonyl (C=O) groups excluding carboxylic acids is 1. The first-order chi connectivity index (χ1) is 8.00. The summed E-state index contributed by atoms with van der Waals surface area (Å²) in [5.41, 5.74) is 0.703. The Balaban J connectivity index is 2.26. The molecule has 2 rings (SSSR count). The van der Waals surface area contributed by atoms with Crippen molar-refractivity contribution < 1.29 is 14.7 Å². The molecule has 1 atom stereocenters. The minimum Gasteiger partial charge on any atom is -0.480 e. The van der Waals surface area contributed by atoms with Crippen LogP contribution >= 0.6 is 15.9 Å². The van der Waals surface area contributed by atoms with Crippen molar-refractivity contribution in [3.8, 4) is 0 Å². The third kappa shape index (κ3) is 2.12. The molecule has 90 valence electrons. The van der Waals surface area contributed by atoms with Crippen molar-refractivity contribution in [2.75, 3.05) is 18.5 Å². The number of amides is 2. The number of carboxylic acid groups (broad SMARTS) is 1. The van der Waals surface area contributed by atoms with Crippen LogP contribution in [0, 0.1) is 0 Å². The second-order valence-corrected chi connectivity index (χ2v) is 4.75. The molecule has 5 nitrogen and oxygen atoms in total. The molecule has 0 saturated carbocycles. The smallest absolute Gasteiger partial charge is 0.328 e. The lowest BCUT2D eigenvalue weighted by Crippen LogP contribution is -2.36. The normalized spacial score (nSPS) is 19.9. The third-order valence-electron chi connectivity index (χ3n) is 2.78. The molecule has 1 aromatic carbocycles. The molecule has 1 N–H and O–H groups in total. The van der Waals surface area contributed by atoms with Crippen LogP contribution in [0.4, 0.5) is 10.5 Å². The van der Waals surface area contributed by atoms with Gasteiger partial charge in [-0.15, -0.1) is 0 Å².